The highest BCUT2D eigenvalue weighted by atomic mass is 79.9. The molecule has 0 aromatic heterocycles. The van der Waals surface area contributed by atoms with Crippen LogP contribution in [0.2, 0.25) is 0 Å². The number of aliphatic hydroxyl groups excluding tert-OH is 1. The molecule has 1 unspecified atom stereocenters. The van der Waals surface area contributed by atoms with Crippen molar-refractivity contribution in [2.45, 2.75) is 25.4 Å². The predicted octanol–water partition coefficient (Wildman–Crippen LogP) is 2.99. The van der Waals surface area contributed by atoms with Crippen molar-refractivity contribution >= 4 is 15.9 Å². The number of aliphatic hydroxyl groups is 1. The van der Waals surface area contributed by atoms with Crippen molar-refractivity contribution in [2.24, 2.45) is 5.92 Å². The Bertz CT molecular complexity index is 306. The normalized spacial score (nSPS) is 18.3. The van der Waals surface area contributed by atoms with Crippen LogP contribution in [0.3, 0.4) is 0 Å². The number of benzene rings is 1. The first-order chi connectivity index (χ1) is 7.25. The quantitative estimate of drug-likeness (QED) is 0.912. The van der Waals surface area contributed by atoms with Crippen LogP contribution in [0.25, 0.3) is 0 Å². The third kappa shape index (κ3) is 2.95. The molecule has 1 saturated carbocycles. The molecule has 1 atom stereocenters. The fourth-order valence-corrected chi connectivity index (χ4v) is 1.94. The van der Waals surface area contributed by atoms with E-state index in [1.807, 2.05) is 24.3 Å². The van der Waals surface area contributed by atoms with Gasteiger partial charge in [-0.3, -0.25) is 0 Å². The summed E-state index contributed by atoms with van der Waals surface area (Å²) in [4.78, 5) is 0. The molecule has 3 heteroatoms. The zero-order chi connectivity index (χ0) is 10.7. The molecule has 1 aliphatic rings. The molecule has 1 N–H and O–H groups in total. The van der Waals surface area contributed by atoms with Crippen molar-refractivity contribution in [2.75, 3.05) is 6.61 Å². The molecule has 1 aromatic rings. The number of halogens is 1. The summed E-state index contributed by atoms with van der Waals surface area (Å²) in [7, 11) is 0. The van der Waals surface area contributed by atoms with Gasteiger partial charge in [0.2, 0.25) is 0 Å². The second kappa shape index (κ2) is 4.99. The van der Waals surface area contributed by atoms with Crippen LogP contribution >= 0.6 is 15.9 Å². The Morgan fingerprint density at radius 3 is 2.53 bits per heavy atom. The van der Waals surface area contributed by atoms with Gasteiger partial charge < -0.3 is 9.84 Å². The SMILES string of the molecule is OC(COc1ccc(Br)cc1)C1CCC1. The highest BCUT2D eigenvalue weighted by molar-refractivity contribution is 9.10. The number of hydrogen-bond acceptors (Lipinski definition) is 2. The Morgan fingerprint density at radius 2 is 2.00 bits per heavy atom. The van der Waals surface area contributed by atoms with Gasteiger partial charge in [-0.2, -0.15) is 0 Å². The standard InChI is InChI=1S/C12H15BrO2/c13-10-4-6-11(7-5-10)15-8-12(14)9-2-1-3-9/h4-7,9,12,14H,1-3,8H2. The van der Waals surface area contributed by atoms with Crippen molar-refractivity contribution in [3.8, 4) is 5.75 Å². The molecule has 15 heavy (non-hydrogen) atoms. The molecule has 0 heterocycles. The summed E-state index contributed by atoms with van der Waals surface area (Å²) in [6.45, 7) is 0.409. The maximum atomic E-state index is 9.75. The molecule has 0 aliphatic heterocycles. The van der Waals surface area contributed by atoms with E-state index < -0.39 is 0 Å². The van der Waals surface area contributed by atoms with Crippen molar-refractivity contribution in [3.63, 3.8) is 0 Å². The summed E-state index contributed by atoms with van der Waals surface area (Å²) in [5.41, 5.74) is 0. The van der Waals surface area contributed by atoms with Gasteiger partial charge in [0, 0.05) is 4.47 Å². The Labute approximate surface area is 98.4 Å². The second-order valence-corrected chi connectivity index (χ2v) is 4.94. The fraction of sp³-hybridized carbons (Fsp3) is 0.500. The van der Waals surface area contributed by atoms with Gasteiger partial charge in [0.05, 0.1) is 6.10 Å². The van der Waals surface area contributed by atoms with Crippen LogP contribution in [-0.4, -0.2) is 17.8 Å². The lowest BCUT2D eigenvalue weighted by Crippen LogP contribution is -2.31. The van der Waals surface area contributed by atoms with Crippen LogP contribution in [0.15, 0.2) is 28.7 Å². The summed E-state index contributed by atoms with van der Waals surface area (Å²) in [5, 5.41) is 9.75. The van der Waals surface area contributed by atoms with Gasteiger partial charge in [-0.05, 0) is 43.0 Å². The molecular formula is C12H15BrO2. The lowest BCUT2D eigenvalue weighted by molar-refractivity contribution is 0.0241. The smallest absolute Gasteiger partial charge is 0.119 e. The van der Waals surface area contributed by atoms with E-state index in [9.17, 15) is 5.11 Å². The van der Waals surface area contributed by atoms with Gasteiger partial charge in [0.1, 0.15) is 12.4 Å². The first kappa shape index (κ1) is 11.0. The zero-order valence-corrected chi connectivity index (χ0v) is 10.1. The van der Waals surface area contributed by atoms with Gasteiger partial charge >= 0.3 is 0 Å². The zero-order valence-electron chi connectivity index (χ0n) is 8.53. The minimum Gasteiger partial charge on any atom is -0.491 e. The molecule has 0 saturated heterocycles. The van der Waals surface area contributed by atoms with E-state index in [1.165, 1.54) is 6.42 Å². The first-order valence-electron chi connectivity index (χ1n) is 5.32. The summed E-state index contributed by atoms with van der Waals surface area (Å²) < 4.78 is 6.55. The summed E-state index contributed by atoms with van der Waals surface area (Å²) in [5.74, 6) is 1.28. The largest absolute Gasteiger partial charge is 0.491 e. The highest BCUT2D eigenvalue weighted by Gasteiger charge is 2.25. The lowest BCUT2D eigenvalue weighted by atomic mass is 9.81. The van der Waals surface area contributed by atoms with Gasteiger partial charge in [0.15, 0.2) is 0 Å². The van der Waals surface area contributed by atoms with Crippen LogP contribution in [0.1, 0.15) is 19.3 Å². The molecule has 1 aromatic carbocycles. The minimum atomic E-state index is -0.303. The number of ether oxygens (including phenoxy) is 1. The van der Waals surface area contributed by atoms with Crippen molar-refractivity contribution in [1.29, 1.82) is 0 Å². The molecule has 82 valence electrons. The average Bonchev–Trinajstić information content (AvgIpc) is 2.14. The maximum absolute atomic E-state index is 9.75. The lowest BCUT2D eigenvalue weighted by Gasteiger charge is -2.30. The topological polar surface area (TPSA) is 29.5 Å². The van der Waals surface area contributed by atoms with E-state index in [4.69, 9.17) is 4.74 Å². The van der Waals surface area contributed by atoms with E-state index in [2.05, 4.69) is 15.9 Å². The predicted molar refractivity (Wildman–Crippen MR) is 63.0 cm³/mol. The molecule has 1 fully saturated rings. The molecule has 0 radical (unpaired) electrons. The summed E-state index contributed by atoms with van der Waals surface area (Å²) in [6, 6.07) is 7.67. The molecule has 0 amide bonds. The Morgan fingerprint density at radius 1 is 1.33 bits per heavy atom. The molecular weight excluding hydrogens is 256 g/mol. The van der Waals surface area contributed by atoms with Crippen molar-refractivity contribution < 1.29 is 9.84 Å². The Kier molecular flexibility index (Phi) is 3.65. The van der Waals surface area contributed by atoms with Gasteiger partial charge in [-0.15, -0.1) is 0 Å². The first-order valence-corrected chi connectivity index (χ1v) is 6.11. The third-order valence-corrected chi connectivity index (χ3v) is 3.46. The minimum absolute atomic E-state index is 0.303. The van der Waals surface area contributed by atoms with Crippen LogP contribution in [0.5, 0.6) is 5.75 Å². The van der Waals surface area contributed by atoms with Crippen LogP contribution in [-0.2, 0) is 0 Å². The van der Waals surface area contributed by atoms with E-state index in [0.717, 1.165) is 23.1 Å². The number of rotatable bonds is 4. The van der Waals surface area contributed by atoms with Crippen LogP contribution in [0.4, 0.5) is 0 Å². The Hall–Kier alpha value is -0.540. The summed E-state index contributed by atoms with van der Waals surface area (Å²) in [6.07, 6.45) is 3.23. The van der Waals surface area contributed by atoms with Crippen molar-refractivity contribution in [3.05, 3.63) is 28.7 Å². The Balaban J connectivity index is 1.79. The molecule has 1 aliphatic carbocycles. The third-order valence-electron chi connectivity index (χ3n) is 2.93. The maximum Gasteiger partial charge on any atom is 0.119 e. The fourth-order valence-electron chi connectivity index (χ4n) is 1.67. The number of hydrogen-bond donors (Lipinski definition) is 1. The molecule has 0 spiro atoms. The van der Waals surface area contributed by atoms with E-state index >= 15 is 0 Å². The van der Waals surface area contributed by atoms with Gasteiger partial charge in [-0.1, -0.05) is 22.4 Å². The van der Waals surface area contributed by atoms with Gasteiger partial charge in [0.25, 0.3) is 0 Å². The molecule has 0 bridgehead atoms. The molecule has 2 rings (SSSR count). The monoisotopic (exact) mass is 270 g/mol. The van der Waals surface area contributed by atoms with Crippen LogP contribution < -0.4 is 4.74 Å². The average molecular weight is 271 g/mol. The van der Waals surface area contributed by atoms with E-state index in [1.54, 1.807) is 0 Å². The molecule has 2 nitrogen and oxygen atoms in total. The van der Waals surface area contributed by atoms with Crippen molar-refractivity contribution in [1.82, 2.24) is 0 Å². The van der Waals surface area contributed by atoms with E-state index in [-0.39, 0.29) is 6.10 Å². The highest BCUT2D eigenvalue weighted by Crippen LogP contribution is 2.29. The van der Waals surface area contributed by atoms with E-state index in [0.29, 0.717) is 12.5 Å². The van der Waals surface area contributed by atoms with Gasteiger partial charge in [-0.25, -0.2) is 0 Å². The summed E-state index contributed by atoms with van der Waals surface area (Å²) >= 11 is 3.36. The van der Waals surface area contributed by atoms with Crippen LogP contribution in [0, 0.1) is 5.92 Å². The second-order valence-electron chi connectivity index (χ2n) is 4.02.